The fourth-order valence-electron chi connectivity index (χ4n) is 3.34. The van der Waals surface area contributed by atoms with Crippen molar-refractivity contribution >= 4 is 17.4 Å². The molecule has 0 bridgehead atoms. The molecule has 1 unspecified atom stereocenters. The molecule has 0 spiro atoms. The first-order valence-electron chi connectivity index (χ1n) is 9.21. The number of ketones is 1. The molecule has 2 aromatic rings. The standard InChI is InChI=1S/C22H22FNO4/c1-2-28-14-6-13-24-19(15-7-4-3-5-8-15)18(21(26)22(24)27)20(25)16-9-11-17(23)12-10-16/h3-5,7-12,19,25H,2,6,13-14H2,1H3/b20-18+. The lowest BCUT2D eigenvalue weighted by Gasteiger charge is -2.25. The minimum atomic E-state index is -0.743. The van der Waals surface area contributed by atoms with E-state index in [9.17, 15) is 19.1 Å². The molecule has 146 valence electrons. The molecule has 0 aromatic heterocycles. The summed E-state index contributed by atoms with van der Waals surface area (Å²) in [6, 6.07) is 13.5. The molecule has 1 aliphatic rings. The van der Waals surface area contributed by atoms with E-state index in [-0.39, 0.29) is 16.9 Å². The predicted molar refractivity (Wildman–Crippen MR) is 103 cm³/mol. The fraction of sp³-hybridized carbons (Fsp3) is 0.273. The smallest absolute Gasteiger partial charge is 0.295 e. The van der Waals surface area contributed by atoms with Crippen molar-refractivity contribution in [2.75, 3.05) is 19.8 Å². The summed E-state index contributed by atoms with van der Waals surface area (Å²) in [7, 11) is 0. The lowest BCUT2D eigenvalue weighted by molar-refractivity contribution is -0.140. The van der Waals surface area contributed by atoms with Crippen molar-refractivity contribution in [2.24, 2.45) is 0 Å². The second-order valence-corrected chi connectivity index (χ2v) is 6.46. The molecule has 0 radical (unpaired) electrons. The first kappa shape index (κ1) is 19.8. The quantitative estimate of drug-likeness (QED) is 0.343. The molecular formula is C22H22FNO4. The Labute approximate surface area is 163 Å². The summed E-state index contributed by atoms with van der Waals surface area (Å²) in [4.78, 5) is 26.9. The van der Waals surface area contributed by atoms with E-state index in [1.807, 2.05) is 37.3 Å². The lowest BCUT2D eigenvalue weighted by atomic mass is 9.95. The normalized spacial score (nSPS) is 18.6. The van der Waals surface area contributed by atoms with Crippen molar-refractivity contribution in [3.8, 4) is 0 Å². The number of aliphatic hydroxyl groups excluding tert-OH is 1. The van der Waals surface area contributed by atoms with Gasteiger partial charge < -0.3 is 14.7 Å². The number of ether oxygens (including phenoxy) is 1. The first-order chi connectivity index (χ1) is 13.5. The second-order valence-electron chi connectivity index (χ2n) is 6.46. The highest BCUT2D eigenvalue weighted by Gasteiger charge is 2.45. The van der Waals surface area contributed by atoms with Gasteiger partial charge in [-0.25, -0.2) is 4.39 Å². The third-order valence-corrected chi connectivity index (χ3v) is 4.66. The van der Waals surface area contributed by atoms with E-state index in [0.717, 1.165) is 5.56 Å². The molecule has 1 heterocycles. The van der Waals surface area contributed by atoms with E-state index < -0.39 is 23.5 Å². The van der Waals surface area contributed by atoms with Gasteiger partial charge in [-0.15, -0.1) is 0 Å². The summed E-state index contributed by atoms with van der Waals surface area (Å²) < 4.78 is 18.6. The van der Waals surface area contributed by atoms with Crippen molar-refractivity contribution in [2.45, 2.75) is 19.4 Å². The number of likely N-dealkylation sites (tertiary alicyclic amines) is 1. The number of amides is 1. The van der Waals surface area contributed by atoms with E-state index >= 15 is 0 Å². The summed E-state index contributed by atoms with van der Waals surface area (Å²) in [6.45, 7) is 3.26. The minimum Gasteiger partial charge on any atom is -0.507 e. The van der Waals surface area contributed by atoms with E-state index in [0.29, 0.717) is 26.2 Å². The largest absolute Gasteiger partial charge is 0.507 e. The summed E-state index contributed by atoms with van der Waals surface area (Å²) in [6.07, 6.45) is 0.570. The number of nitrogens with zero attached hydrogens (tertiary/aromatic N) is 1. The maximum absolute atomic E-state index is 13.2. The Hall–Kier alpha value is -2.99. The Morgan fingerprint density at radius 3 is 2.43 bits per heavy atom. The van der Waals surface area contributed by atoms with Gasteiger partial charge in [0.1, 0.15) is 11.6 Å². The van der Waals surface area contributed by atoms with E-state index in [1.165, 1.54) is 29.2 Å². The van der Waals surface area contributed by atoms with Crippen LogP contribution in [0.25, 0.3) is 5.76 Å². The number of Topliss-reactive ketones (excluding diaryl/α,β-unsaturated/α-hetero) is 1. The predicted octanol–water partition coefficient (Wildman–Crippen LogP) is 3.67. The Morgan fingerprint density at radius 2 is 1.79 bits per heavy atom. The monoisotopic (exact) mass is 383 g/mol. The third kappa shape index (κ3) is 3.97. The highest BCUT2D eigenvalue weighted by atomic mass is 19.1. The summed E-state index contributed by atoms with van der Waals surface area (Å²) in [5.74, 6) is -2.16. The molecule has 6 heteroatoms. The number of hydrogen-bond donors (Lipinski definition) is 1. The highest BCUT2D eigenvalue weighted by Crippen LogP contribution is 2.39. The van der Waals surface area contributed by atoms with Gasteiger partial charge in [-0.05, 0) is 43.2 Å². The van der Waals surface area contributed by atoms with E-state index in [2.05, 4.69) is 0 Å². The average Bonchev–Trinajstić information content (AvgIpc) is 2.97. The van der Waals surface area contributed by atoms with Crippen molar-refractivity contribution in [1.29, 1.82) is 0 Å². The van der Waals surface area contributed by atoms with Crippen LogP contribution in [-0.4, -0.2) is 41.5 Å². The molecule has 1 aliphatic heterocycles. The highest BCUT2D eigenvalue weighted by molar-refractivity contribution is 6.46. The zero-order chi connectivity index (χ0) is 20.1. The van der Waals surface area contributed by atoms with Crippen LogP contribution in [-0.2, 0) is 14.3 Å². The topological polar surface area (TPSA) is 66.8 Å². The van der Waals surface area contributed by atoms with Gasteiger partial charge in [-0.3, -0.25) is 9.59 Å². The molecule has 1 N–H and O–H groups in total. The van der Waals surface area contributed by atoms with Crippen molar-refractivity contribution in [3.63, 3.8) is 0 Å². The number of rotatable bonds is 7. The number of aliphatic hydroxyl groups is 1. The Morgan fingerprint density at radius 1 is 1.11 bits per heavy atom. The van der Waals surface area contributed by atoms with E-state index in [4.69, 9.17) is 4.74 Å². The van der Waals surface area contributed by atoms with Crippen LogP contribution in [0.15, 0.2) is 60.2 Å². The van der Waals surface area contributed by atoms with Crippen LogP contribution in [0.4, 0.5) is 4.39 Å². The fourth-order valence-corrected chi connectivity index (χ4v) is 3.34. The van der Waals surface area contributed by atoms with Gasteiger partial charge in [-0.1, -0.05) is 30.3 Å². The molecule has 0 aliphatic carbocycles. The Kier molecular flexibility index (Phi) is 6.21. The summed E-state index contributed by atoms with van der Waals surface area (Å²) >= 11 is 0. The molecule has 1 saturated heterocycles. The second kappa shape index (κ2) is 8.80. The van der Waals surface area contributed by atoms with Crippen molar-refractivity contribution in [3.05, 3.63) is 77.1 Å². The van der Waals surface area contributed by atoms with E-state index in [1.54, 1.807) is 0 Å². The molecule has 3 rings (SSSR count). The third-order valence-electron chi connectivity index (χ3n) is 4.66. The van der Waals surface area contributed by atoms with Crippen LogP contribution in [0.2, 0.25) is 0 Å². The molecule has 2 aromatic carbocycles. The van der Waals surface area contributed by atoms with Crippen molar-refractivity contribution < 1.29 is 23.8 Å². The van der Waals surface area contributed by atoms with Crippen LogP contribution in [0.1, 0.15) is 30.5 Å². The van der Waals surface area contributed by atoms with Gasteiger partial charge >= 0.3 is 0 Å². The molecule has 5 nitrogen and oxygen atoms in total. The Balaban J connectivity index is 2.03. The first-order valence-corrected chi connectivity index (χ1v) is 9.21. The molecule has 28 heavy (non-hydrogen) atoms. The molecule has 0 saturated carbocycles. The van der Waals surface area contributed by atoms with Crippen LogP contribution in [0, 0.1) is 5.82 Å². The summed E-state index contributed by atoms with van der Waals surface area (Å²) in [5.41, 5.74) is 1.02. The number of hydrogen-bond acceptors (Lipinski definition) is 4. The number of benzene rings is 2. The molecule has 1 atom stereocenters. The van der Waals surface area contributed by atoms with Gasteiger partial charge in [0.25, 0.3) is 11.7 Å². The average molecular weight is 383 g/mol. The molecule has 1 amide bonds. The zero-order valence-electron chi connectivity index (χ0n) is 15.6. The number of halogens is 1. The maximum Gasteiger partial charge on any atom is 0.295 e. The maximum atomic E-state index is 13.2. The van der Waals surface area contributed by atoms with Gasteiger partial charge in [0.05, 0.1) is 11.6 Å². The lowest BCUT2D eigenvalue weighted by Crippen LogP contribution is -2.31. The van der Waals surface area contributed by atoms with Gasteiger partial charge in [0.15, 0.2) is 0 Å². The van der Waals surface area contributed by atoms with Crippen LogP contribution in [0.3, 0.4) is 0 Å². The van der Waals surface area contributed by atoms with Gasteiger partial charge in [0, 0.05) is 25.3 Å². The number of carbonyl (C=O) groups excluding carboxylic acids is 2. The minimum absolute atomic E-state index is 0.0132. The Bertz CT molecular complexity index is 877. The van der Waals surface area contributed by atoms with Crippen molar-refractivity contribution in [1.82, 2.24) is 4.90 Å². The van der Waals surface area contributed by atoms with Crippen LogP contribution in [0.5, 0.6) is 0 Å². The van der Waals surface area contributed by atoms with Crippen LogP contribution >= 0.6 is 0 Å². The molecule has 1 fully saturated rings. The number of carbonyl (C=O) groups is 2. The van der Waals surface area contributed by atoms with Crippen LogP contribution < -0.4 is 0 Å². The molecular weight excluding hydrogens is 361 g/mol. The zero-order valence-corrected chi connectivity index (χ0v) is 15.6. The van der Waals surface area contributed by atoms with Gasteiger partial charge in [0.2, 0.25) is 0 Å². The summed E-state index contributed by atoms with van der Waals surface area (Å²) in [5, 5.41) is 10.8. The SMILES string of the molecule is CCOCCCN1C(=O)C(=O)/C(=C(/O)c2ccc(F)cc2)C1c1ccccc1. The van der Waals surface area contributed by atoms with Gasteiger partial charge in [-0.2, -0.15) is 0 Å².